The summed E-state index contributed by atoms with van der Waals surface area (Å²) in [7, 11) is 0. The molecular formula is C17H17F3N2O. The van der Waals surface area contributed by atoms with E-state index in [4.69, 9.17) is 0 Å². The number of carbonyl (C=O) groups excluding carboxylic acids is 1. The maximum absolute atomic E-state index is 12.7. The number of alkyl halides is 3. The van der Waals surface area contributed by atoms with Crippen LogP contribution in [0.1, 0.15) is 18.1 Å². The first kappa shape index (κ1) is 16.9. The number of rotatable bonds is 4. The van der Waals surface area contributed by atoms with E-state index in [1.54, 1.807) is 6.92 Å². The van der Waals surface area contributed by atoms with Crippen molar-refractivity contribution in [2.45, 2.75) is 26.1 Å². The summed E-state index contributed by atoms with van der Waals surface area (Å²) in [5.74, 6) is -0.412. The Morgan fingerprint density at radius 3 is 2.30 bits per heavy atom. The van der Waals surface area contributed by atoms with Gasteiger partial charge in [-0.25, -0.2) is 0 Å². The first-order valence-electron chi connectivity index (χ1n) is 7.07. The van der Waals surface area contributed by atoms with Crippen molar-refractivity contribution in [3.63, 3.8) is 0 Å². The molecule has 0 saturated carbocycles. The van der Waals surface area contributed by atoms with E-state index < -0.39 is 23.7 Å². The lowest BCUT2D eigenvalue weighted by molar-refractivity contribution is -0.137. The van der Waals surface area contributed by atoms with Crippen LogP contribution in [0.2, 0.25) is 0 Å². The van der Waals surface area contributed by atoms with Crippen LogP contribution in [0.5, 0.6) is 0 Å². The molecule has 0 bridgehead atoms. The summed E-state index contributed by atoms with van der Waals surface area (Å²) in [6, 6.07) is 11.4. The minimum atomic E-state index is -4.44. The summed E-state index contributed by atoms with van der Waals surface area (Å²) in [4.78, 5) is 12.1. The van der Waals surface area contributed by atoms with Gasteiger partial charge in [0.25, 0.3) is 0 Å². The van der Waals surface area contributed by atoms with E-state index in [-0.39, 0.29) is 5.69 Å². The molecule has 0 unspecified atom stereocenters. The summed E-state index contributed by atoms with van der Waals surface area (Å²) >= 11 is 0. The van der Waals surface area contributed by atoms with Crippen molar-refractivity contribution in [1.82, 2.24) is 0 Å². The molecule has 1 atom stereocenters. The van der Waals surface area contributed by atoms with Gasteiger partial charge in [-0.15, -0.1) is 0 Å². The van der Waals surface area contributed by atoms with Crippen LogP contribution in [0.3, 0.4) is 0 Å². The van der Waals surface area contributed by atoms with Gasteiger partial charge in [0, 0.05) is 11.4 Å². The topological polar surface area (TPSA) is 41.1 Å². The Labute approximate surface area is 132 Å². The third-order valence-electron chi connectivity index (χ3n) is 3.29. The number of anilines is 2. The quantitative estimate of drug-likeness (QED) is 0.873. The van der Waals surface area contributed by atoms with Gasteiger partial charge in [0.2, 0.25) is 5.91 Å². The number of benzene rings is 2. The minimum Gasteiger partial charge on any atom is -0.374 e. The van der Waals surface area contributed by atoms with E-state index in [2.05, 4.69) is 10.6 Å². The number of nitrogens with one attached hydrogen (secondary N) is 2. The van der Waals surface area contributed by atoms with Crippen molar-refractivity contribution in [3.8, 4) is 0 Å². The molecule has 0 aliphatic heterocycles. The number of halogens is 3. The van der Waals surface area contributed by atoms with E-state index >= 15 is 0 Å². The molecule has 3 nitrogen and oxygen atoms in total. The van der Waals surface area contributed by atoms with Crippen LogP contribution in [-0.2, 0) is 11.0 Å². The van der Waals surface area contributed by atoms with Gasteiger partial charge in [0.05, 0.1) is 5.56 Å². The molecule has 0 spiro atoms. The molecule has 2 rings (SSSR count). The number of hydrogen-bond donors (Lipinski definition) is 2. The van der Waals surface area contributed by atoms with Crippen LogP contribution in [0.15, 0.2) is 48.5 Å². The predicted octanol–water partition coefficient (Wildman–Crippen LogP) is 4.45. The zero-order chi connectivity index (χ0) is 17.0. The first-order chi connectivity index (χ1) is 10.8. The lowest BCUT2D eigenvalue weighted by atomic mass is 10.2. The van der Waals surface area contributed by atoms with Gasteiger partial charge in [-0.1, -0.05) is 23.8 Å². The molecule has 6 heteroatoms. The average molecular weight is 322 g/mol. The number of amides is 1. The van der Waals surface area contributed by atoms with Crippen molar-refractivity contribution < 1.29 is 18.0 Å². The third kappa shape index (κ3) is 4.74. The predicted molar refractivity (Wildman–Crippen MR) is 84.3 cm³/mol. The van der Waals surface area contributed by atoms with E-state index in [1.165, 1.54) is 12.1 Å². The molecular weight excluding hydrogens is 305 g/mol. The average Bonchev–Trinajstić information content (AvgIpc) is 2.49. The van der Waals surface area contributed by atoms with Crippen molar-refractivity contribution in [2.24, 2.45) is 0 Å². The van der Waals surface area contributed by atoms with Gasteiger partial charge in [0.15, 0.2) is 0 Å². The molecule has 0 radical (unpaired) electrons. The van der Waals surface area contributed by atoms with Crippen LogP contribution in [0.25, 0.3) is 0 Å². The standard InChI is InChI=1S/C17H17F3N2O/c1-11-6-8-14(9-7-11)21-12(2)16(23)22-15-5-3-4-13(10-15)17(18,19)20/h3-10,12,21H,1-2H3,(H,22,23)/t12-/m1/s1. The normalized spacial score (nSPS) is 12.6. The Morgan fingerprint density at radius 2 is 1.70 bits per heavy atom. The second kappa shape index (κ2) is 6.73. The van der Waals surface area contributed by atoms with E-state index in [0.717, 1.165) is 23.4 Å². The fourth-order valence-corrected chi connectivity index (χ4v) is 1.99. The highest BCUT2D eigenvalue weighted by Crippen LogP contribution is 2.30. The molecule has 0 heterocycles. The summed E-state index contributed by atoms with van der Waals surface area (Å²) in [6.07, 6.45) is -4.44. The summed E-state index contributed by atoms with van der Waals surface area (Å²) in [5, 5.41) is 5.48. The highest BCUT2D eigenvalue weighted by atomic mass is 19.4. The van der Waals surface area contributed by atoms with Gasteiger partial charge >= 0.3 is 6.18 Å². The molecule has 2 N–H and O–H groups in total. The molecule has 0 aliphatic carbocycles. The van der Waals surface area contributed by atoms with Crippen LogP contribution >= 0.6 is 0 Å². The summed E-state index contributed by atoms with van der Waals surface area (Å²) in [6.45, 7) is 3.59. The molecule has 2 aromatic carbocycles. The molecule has 1 amide bonds. The van der Waals surface area contributed by atoms with Gasteiger partial charge in [-0.2, -0.15) is 13.2 Å². The van der Waals surface area contributed by atoms with Crippen molar-refractivity contribution in [1.29, 1.82) is 0 Å². The second-order valence-electron chi connectivity index (χ2n) is 5.30. The zero-order valence-electron chi connectivity index (χ0n) is 12.7. The fraction of sp³-hybridized carbons (Fsp3) is 0.235. The van der Waals surface area contributed by atoms with Gasteiger partial charge in [-0.05, 0) is 44.2 Å². The maximum atomic E-state index is 12.7. The minimum absolute atomic E-state index is 0.113. The Bertz CT molecular complexity index is 681. The Balaban J connectivity index is 2.02. The number of hydrogen-bond acceptors (Lipinski definition) is 2. The largest absolute Gasteiger partial charge is 0.416 e. The summed E-state index contributed by atoms with van der Waals surface area (Å²) < 4.78 is 38.0. The Morgan fingerprint density at radius 1 is 1.04 bits per heavy atom. The molecule has 2 aromatic rings. The van der Waals surface area contributed by atoms with Crippen molar-refractivity contribution in [3.05, 3.63) is 59.7 Å². The van der Waals surface area contributed by atoms with Crippen LogP contribution < -0.4 is 10.6 Å². The van der Waals surface area contributed by atoms with E-state index in [9.17, 15) is 18.0 Å². The lowest BCUT2D eigenvalue weighted by Crippen LogP contribution is -2.31. The maximum Gasteiger partial charge on any atom is 0.416 e. The van der Waals surface area contributed by atoms with Crippen LogP contribution in [0.4, 0.5) is 24.5 Å². The molecule has 0 fully saturated rings. The highest BCUT2D eigenvalue weighted by Gasteiger charge is 2.30. The number of aryl methyl sites for hydroxylation is 1. The van der Waals surface area contributed by atoms with E-state index in [0.29, 0.717) is 0 Å². The molecule has 122 valence electrons. The first-order valence-corrected chi connectivity index (χ1v) is 7.07. The highest BCUT2D eigenvalue weighted by molar-refractivity contribution is 5.96. The van der Waals surface area contributed by atoms with E-state index in [1.807, 2.05) is 31.2 Å². The Kier molecular flexibility index (Phi) is 4.93. The summed E-state index contributed by atoms with van der Waals surface area (Å²) in [5.41, 5.74) is 1.18. The van der Waals surface area contributed by atoms with Gasteiger partial charge in [-0.3, -0.25) is 4.79 Å². The third-order valence-corrected chi connectivity index (χ3v) is 3.29. The van der Waals surface area contributed by atoms with Crippen LogP contribution in [-0.4, -0.2) is 11.9 Å². The van der Waals surface area contributed by atoms with Gasteiger partial charge < -0.3 is 10.6 Å². The van der Waals surface area contributed by atoms with Crippen molar-refractivity contribution >= 4 is 17.3 Å². The van der Waals surface area contributed by atoms with Crippen LogP contribution in [0, 0.1) is 6.92 Å². The fourth-order valence-electron chi connectivity index (χ4n) is 1.99. The second-order valence-corrected chi connectivity index (χ2v) is 5.30. The SMILES string of the molecule is Cc1ccc(N[C@H](C)C(=O)Nc2cccc(C(F)(F)F)c2)cc1. The molecule has 0 saturated heterocycles. The molecule has 0 aromatic heterocycles. The molecule has 0 aliphatic rings. The molecule has 23 heavy (non-hydrogen) atoms. The lowest BCUT2D eigenvalue weighted by Gasteiger charge is -2.16. The zero-order valence-corrected chi connectivity index (χ0v) is 12.7. The van der Waals surface area contributed by atoms with Gasteiger partial charge in [0.1, 0.15) is 6.04 Å². The smallest absolute Gasteiger partial charge is 0.374 e. The monoisotopic (exact) mass is 322 g/mol. The van der Waals surface area contributed by atoms with Crippen molar-refractivity contribution in [2.75, 3.05) is 10.6 Å². The Hall–Kier alpha value is -2.50. The number of carbonyl (C=O) groups is 1.